The van der Waals surface area contributed by atoms with Crippen molar-refractivity contribution in [3.8, 4) is 5.75 Å². The van der Waals surface area contributed by atoms with E-state index in [1.54, 1.807) is 30.5 Å². The van der Waals surface area contributed by atoms with E-state index in [0.717, 1.165) is 5.56 Å². The number of carboxylic acids is 1. The highest BCUT2D eigenvalue weighted by molar-refractivity contribution is 6.07. The molecule has 1 heterocycles. The van der Waals surface area contributed by atoms with E-state index in [0.29, 0.717) is 11.3 Å². The molecule has 0 fully saturated rings. The van der Waals surface area contributed by atoms with Gasteiger partial charge < -0.3 is 9.84 Å². The minimum Gasteiger partial charge on any atom is -0.482 e. The lowest BCUT2D eigenvalue weighted by atomic mass is 10.1. The van der Waals surface area contributed by atoms with Crippen molar-refractivity contribution >= 4 is 17.8 Å². The molecule has 1 aromatic heterocycles. The van der Waals surface area contributed by atoms with Gasteiger partial charge >= 0.3 is 5.97 Å². The molecule has 24 heavy (non-hydrogen) atoms. The summed E-state index contributed by atoms with van der Waals surface area (Å²) < 4.78 is 6.90. The number of aromatic nitrogens is 2. The maximum absolute atomic E-state index is 12.2. The van der Waals surface area contributed by atoms with Gasteiger partial charge in [0.1, 0.15) is 5.75 Å². The summed E-state index contributed by atoms with van der Waals surface area (Å²) in [5.74, 6) is -0.918. The van der Waals surface area contributed by atoms with Gasteiger partial charge in [0.2, 0.25) is 0 Å². The maximum Gasteiger partial charge on any atom is 0.341 e. The first-order chi connectivity index (χ1) is 11.3. The first-order valence-corrected chi connectivity index (χ1v) is 7.48. The molecule has 2 rings (SSSR count). The fraction of sp³-hybridized carbons (Fsp3) is 0.278. The molecule has 6 nitrogen and oxygen atoms in total. The fourth-order valence-electron chi connectivity index (χ4n) is 1.94. The minimum absolute atomic E-state index is 0.119. The van der Waals surface area contributed by atoms with Crippen molar-refractivity contribution in [1.29, 1.82) is 0 Å². The molecule has 0 amide bonds. The number of rotatable bonds is 6. The predicted molar refractivity (Wildman–Crippen MR) is 90.2 cm³/mol. The molecule has 0 saturated heterocycles. The molecule has 0 aliphatic carbocycles. The van der Waals surface area contributed by atoms with Crippen LogP contribution in [0.5, 0.6) is 5.75 Å². The van der Waals surface area contributed by atoms with Gasteiger partial charge in [-0.1, -0.05) is 12.1 Å². The average molecular weight is 328 g/mol. The summed E-state index contributed by atoms with van der Waals surface area (Å²) in [6.07, 6.45) is 6.72. The number of aliphatic carboxylic acids is 1. The molecule has 126 valence electrons. The summed E-state index contributed by atoms with van der Waals surface area (Å²) >= 11 is 0. The highest BCUT2D eigenvalue weighted by Crippen LogP contribution is 2.16. The topological polar surface area (TPSA) is 81.4 Å². The molecule has 0 saturated carbocycles. The Balaban J connectivity index is 2.07. The van der Waals surface area contributed by atoms with E-state index in [4.69, 9.17) is 9.84 Å². The third-order valence-corrected chi connectivity index (χ3v) is 3.20. The second-order valence-electron chi connectivity index (χ2n) is 6.30. The molecule has 0 atom stereocenters. The van der Waals surface area contributed by atoms with Crippen LogP contribution in [0.3, 0.4) is 0 Å². The van der Waals surface area contributed by atoms with Gasteiger partial charge in [-0.15, -0.1) is 0 Å². The number of ketones is 1. The summed E-state index contributed by atoms with van der Waals surface area (Å²) in [6, 6.07) is 6.43. The minimum atomic E-state index is -1.07. The molecule has 2 aromatic rings. The zero-order valence-corrected chi connectivity index (χ0v) is 13.9. The van der Waals surface area contributed by atoms with E-state index in [1.807, 2.05) is 31.6 Å². The highest BCUT2D eigenvalue weighted by atomic mass is 16.5. The van der Waals surface area contributed by atoms with Crippen LogP contribution < -0.4 is 4.74 Å². The van der Waals surface area contributed by atoms with E-state index in [9.17, 15) is 9.59 Å². The Kier molecular flexibility index (Phi) is 5.18. The lowest BCUT2D eigenvalue weighted by molar-refractivity contribution is -0.139. The summed E-state index contributed by atoms with van der Waals surface area (Å²) in [7, 11) is 0. The molecule has 0 radical (unpaired) electrons. The number of nitrogens with zero attached hydrogens (tertiary/aromatic N) is 2. The van der Waals surface area contributed by atoms with Crippen molar-refractivity contribution in [2.24, 2.45) is 0 Å². The van der Waals surface area contributed by atoms with Crippen molar-refractivity contribution in [1.82, 2.24) is 9.78 Å². The molecule has 0 aliphatic heterocycles. The lowest BCUT2D eigenvalue weighted by Crippen LogP contribution is -2.21. The van der Waals surface area contributed by atoms with Crippen LogP contribution in [0.15, 0.2) is 42.7 Å². The quantitative estimate of drug-likeness (QED) is 0.651. The molecular weight excluding hydrogens is 308 g/mol. The van der Waals surface area contributed by atoms with E-state index in [1.165, 1.54) is 12.1 Å². The number of allylic oxidation sites excluding steroid dienone is 1. The number of benzene rings is 1. The Morgan fingerprint density at radius 2 is 2.08 bits per heavy atom. The van der Waals surface area contributed by atoms with Crippen LogP contribution in [-0.2, 0) is 10.3 Å². The molecular formula is C18H20N2O4. The largest absolute Gasteiger partial charge is 0.482 e. The normalized spacial score (nSPS) is 11.6. The van der Waals surface area contributed by atoms with Crippen molar-refractivity contribution in [2.75, 3.05) is 6.61 Å². The number of carbonyl (C=O) groups is 2. The standard InChI is InChI=1S/C18H20N2O4/c1-18(2,3)20-11-13(10-19-20)7-8-16(21)14-5-4-6-15(9-14)24-12-17(22)23/h4-11H,12H2,1-3H3,(H,22,23). The first kappa shape index (κ1) is 17.5. The monoisotopic (exact) mass is 328 g/mol. The summed E-state index contributed by atoms with van der Waals surface area (Å²) in [4.78, 5) is 22.7. The SMILES string of the molecule is CC(C)(C)n1cc(C=CC(=O)c2cccc(OCC(=O)O)c2)cn1. The Morgan fingerprint density at radius 3 is 2.71 bits per heavy atom. The molecule has 0 unspecified atom stereocenters. The summed E-state index contributed by atoms with van der Waals surface area (Å²) in [5, 5.41) is 12.9. The van der Waals surface area contributed by atoms with Gasteiger partial charge in [0.25, 0.3) is 0 Å². The van der Waals surface area contributed by atoms with Crippen molar-refractivity contribution in [2.45, 2.75) is 26.3 Å². The Morgan fingerprint density at radius 1 is 1.33 bits per heavy atom. The second-order valence-corrected chi connectivity index (χ2v) is 6.30. The van der Waals surface area contributed by atoms with Gasteiger partial charge in [-0.25, -0.2) is 4.79 Å². The van der Waals surface area contributed by atoms with E-state index < -0.39 is 12.6 Å². The number of ether oxygens (including phenoxy) is 1. The number of hydrogen-bond acceptors (Lipinski definition) is 4. The van der Waals surface area contributed by atoms with Gasteiger partial charge in [-0.2, -0.15) is 5.10 Å². The van der Waals surface area contributed by atoms with Crippen molar-refractivity contribution in [3.63, 3.8) is 0 Å². The second kappa shape index (κ2) is 7.12. The Hall–Kier alpha value is -2.89. The molecule has 0 bridgehead atoms. The van der Waals surface area contributed by atoms with Crippen LogP contribution in [0.4, 0.5) is 0 Å². The van der Waals surface area contributed by atoms with Gasteiger partial charge in [-0.05, 0) is 45.1 Å². The third-order valence-electron chi connectivity index (χ3n) is 3.20. The van der Waals surface area contributed by atoms with Crippen LogP contribution in [-0.4, -0.2) is 33.2 Å². The smallest absolute Gasteiger partial charge is 0.341 e. The van der Waals surface area contributed by atoms with E-state index in [2.05, 4.69) is 5.10 Å². The first-order valence-electron chi connectivity index (χ1n) is 7.48. The molecule has 0 aliphatic rings. The van der Waals surface area contributed by atoms with Crippen LogP contribution in [0.25, 0.3) is 6.08 Å². The van der Waals surface area contributed by atoms with Crippen LogP contribution >= 0.6 is 0 Å². The van der Waals surface area contributed by atoms with Crippen LogP contribution in [0, 0.1) is 0 Å². The van der Waals surface area contributed by atoms with E-state index >= 15 is 0 Å². The number of carbonyl (C=O) groups excluding carboxylic acids is 1. The fourth-order valence-corrected chi connectivity index (χ4v) is 1.94. The van der Waals surface area contributed by atoms with Gasteiger partial charge in [-0.3, -0.25) is 9.48 Å². The number of hydrogen-bond donors (Lipinski definition) is 1. The summed E-state index contributed by atoms with van der Waals surface area (Å²) in [6.45, 7) is 5.68. The average Bonchev–Trinajstić information content (AvgIpc) is 3.00. The maximum atomic E-state index is 12.2. The third kappa shape index (κ3) is 4.81. The van der Waals surface area contributed by atoms with Crippen molar-refractivity contribution in [3.05, 3.63) is 53.9 Å². The molecule has 1 N–H and O–H groups in total. The zero-order chi connectivity index (χ0) is 17.7. The molecule has 1 aromatic carbocycles. The van der Waals surface area contributed by atoms with Crippen LogP contribution in [0.2, 0.25) is 0 Å². The van der Waals surface area contributed by atoms with Gasteiger partial charge in [0, 0.05) is 17.3 Å². The Bertz CT molecular complexity index is 769. The van der Waals surface area contributed by atoms with Gasteiger partial charge in [0.15, 0.2) is 12.4 Å². The lowest BCUT2D eigenvalue weighted by Gasteiger charge is -2.18. The van der Waals surface area contributed by atoms with Gasteiger partial charge in [0.05, 0.1) is 11.7 Å². The molecule has 6 heteroatoms. The predicted octanol–water partition coefficient (Wildman–Crippen LogP) is 3.00. The van der Waals surface area contributed by atoms with Crippen LogP contribution in [0.1, 0.15) is 36.7 Å². The number of carboxylic acid groups (broad SMARTS) is 1. The summed E-state index contributed by atoms with van der Waals surface area (Å²) in [5.41, 5.74) is 1.14. The highest BCUT2D eigenvalue weighted by Gasteiger charge is 2.13. The molecule has 0 spiro atoms. The van der Waals surface area contributed by atoms with E-state index in [-0.39, 0.29) is 11.3 Å². The Labute approximate surface area is 140 Å². The van der Waals surface area contributed by atoms with Crippen molar-refractivity contribution < 1.29 is 19.4 Å². The zero-order valence-electron chi connectivity index (χ0n) is 13.9.